The molecule has 3 aromatic rings. The molecule has 0 spiro atoms. The first kappa shape index (κ1) is 18.8. The molecule has 0 aliphatic heterocycles. The van der Waals surface area contributed by atoms with E-state index in [1.807, 2.05) is 50.2 Å². The smallest absolute Gasteiger partial charge is 0.186 e. The van der Waals surface area contributed by atoms with E-state index >= 15 is 0 Å². The minimum absolute atomic E-state index is 0.0281. The van der Waals surface area contributed by atoms with Crippen molar-refractivity contribution in [2.24, 2.45) is 5.92 Å². The molecule has 5 heteroatoms. The van der Waals surface area contributed by atoms with Crippen LogP contribution in [0.3, 0.4) is 0 Å². The molecule has 5 nitrogen and oxygen atoms in total. The van der Waals surface area contributed by atoms with Crippen LogP contribution in [0.5, 0.6) is 0 Å². The number of ketones is 1. The fraction of sp³-hybridized carbons (Fsp3) is 0.318. The van der Waals surface area contributed by atoms with Gasteiger partial charge in [0.05, 0.1) is 29.3 Å². The Bertz CT molecular complexity index is 1050. The van der Waals surface area contributed by atoms with Crippen LogP contribution >= 0.6 is 0 Å². The number of hydrogen-bond donors (Lipinski definition) is 1. The number of aliphatic hydroxyl groups is 1. The Kier molecular flexibility index (Phi) is 4.86. The summed E-state index contributed by atoms with van der Waals surface area (Å²) in [6.45, 7) is 7.37. The van der Waals surface area contributed by atoms with E-state index in [1.165, 1.54) is 0 Å². The summed E-state index contributed by atoms with van der Waals surface area (Å²) < 4.78 is 1.68. The van der Waals surface area contributed by atoms with Crippen molar-refractivity contribution < 1.29 is 9.90 Å². The Balaban J connectivity index is 2.24. The molecule has 138 valence electrons. The molecule has 3 rings (SSSR count). The molecule has 2 aromatic carbocycles. The topological polar surface area (TPSA) is 78.9 Å². The van der Waals surface area contributed by atoms with Gasteiger partial charge >= 0.3 is 0 Å². The number of carbonyl (C=O) groups excluding carboxylic acids is 1. The molecule has 0 bridgehead atoms. The predicted molar refractivity (Wildman–Crippen MR) is 105 cm³/mol. The number of hydrogen-bond acceptors (Lipinski definition) is 4. The van der Waals surface area contributed by atoms with Crippen molar-refractivity contribution in [2.75, 3.05) is 0 Å². The summed E-state index contributed by atoms with van der Waals surface area (Å²) >= 11 is 0. The Labute approximate surface area is 158 Å². The van der Waals surface area contributed by atoms with Gasteiger partial charge in [-0.25, -0.2) is 0 Å². The summed E-state index contributed by atoms with van der Waals surface area (Å²) in [5.41, 5.74) is 2.51. The quantitative estimate of drug-likeness (QED) is 0.691. The van der Waals surface area contributed by atoms with E-state index in [4.69, 9.17) is 0 Å². The molecule has 27 heavy (non-hydrogen) atoms. The first-order chi connectivity index (χ1) is 12.7. The molecule has 1 N–H and O–H groups in total. The van der Waals surface area contributed by atoms with Gasteiger partial charge < -0.3 is 5.11 Å². The molecule has 0 aliphatic rings. The van der Waals surface area contributed by atoms with Crippen molar-refractivity contribution in [1.29, 1.82) is 5.26 Å². The molecule has 1 heterocycles. The van der Waals surface area contributed by atoms with Gasteiger partial charge in [0.1, 0.15) is 5.69 Å². The van der Waals surface area contributed by atoms with E-state index in [0.717, 1.165) is 22.0 Å². The maximum absolute atomic E-state index is 12.6. The van der Waals surface area contributed by atoms with Crippen molar-refractivity contribution in [2.45, 2.75) is 39.8 Å². The average Bonchev–Trinajstić information content (AvgIpc) is 2.97. The summed E-state index contributed by atoms with van der Waals surface area (Å²) in [6, 6.07) is 15.3. The summed E-state index contributed by atoms with van der Waals surface area (Å²) in [6.07, 6.45) is 0. The summed E-state index contributed by atoms with van der Waals surface area (Å²) in [7, 11) is 0. The van der Waals surface area contributed by atoms with Gasteiger partial charge in [-0.1, -0.05) is 38.1 Å². The van der Waals surface area contributed by atoms with Crippen LogP contribution in [0.4, 0.5) is 0 Å². The van der Waals surface area contributed by atoms with Crippen molar-refractivity contribution in [3.05, 3.63) is 53.7 Å². The van der Waals surface area contributed by atoms with E-state index in [1.54, 1.807) is 24.6 Å². The molecule has 0 aliphatic carbocycles. The van der Waals surface area contributed by atoms with Crippen LogP contribution in [-0.4, -0.2) is 26.3 Å². The average molecular weight is 361 g/mol. The van der Waals surface area contributed by atoms with Crippen LogP contribution in [-0.2, 0) is 6.54 Å². The molecule has 0 saturated carbocycles. The maximum Gasteiger partial charge on any atom is 0.186 e. The van der Waals surface area contributed by atoms with E-state index < -0.39 is 5.60 Å². The number of rotatable bonds is 5. The van der Waals surface area contributed by atoms with Gasteiger partial charge in [-0.2, -0.15) is 10.4 Å². The molecule has 1 aromatic heterocycles. The molecule has 0 saturated heterocycles. The fourth-order valence-corrected chi connectivity index (χ4v) is 3.12. The van der Waals surface area contributed by atoms with Crippen molar-refractivity contribution in [3.8, 4) is 17.2 Å². The van der Waals surface area contributed by atoms with Crippen LogP contribution in [0.2, 0.25) is 0 Å². The highest BCUT2D eigenvalue weighted by molar-refractivity contribution is 6.07. The van der Waals surface area contributed by atoms with Gasteiger partial charge in [0.25, 0.3) is 0 Å². The van der Waals surface area contributed by atoms with Gasteiger partial charge in [0.2, 0.25) is 0 Å². The summed E-state index contributed by atoms with van der Waals surface area (Å²) in [5.74, 6) is -0.197. The predicted octanol–water partition coefficient (Wildman–Crippen LogP) is 4.18. The lowest BCUT2D eigenvalue weighted by Crippen LogP contribution is -2.27. The molecule has 0 radical (unpaired) electrons. The van der Waals surface area contributed by atoms with Crippen LogP contribution < -0.4 is 0 Å². The second kappa shape index (κ2) is 6.98. The van der Waals surface area contributed by atoms with E-state index in [-0.39, 0.29) is 18.2 Å². The number of aromatic nitrogens is 2. The molecule has 0 fully saturated rings. The minimum atomic E-state index is -0.975. The van der Waals surface area contributed by atoms with Crippen molar-refractivity contribution in [1.82, 2.24) is 9.78 Å². The highest BCUT2D eigenvalue weighted by Crippen LogP contribution is 2.30. The van der Waals surface area contributed by atoms with Crippen molar-refractivity contribution >= 4 is 16.7 Å². The van der Waals surface area contributed by atoms with E-state index in [0.29, 0.717) is 11.3 Å². The summed E-state index contributed by atoms with van der Waals surface area (Å²) in [5, 5.41) is 24.9. The van der Waals surface area contributed by atoms with Gasteiger partial charge in [0, 0.05) is 11.3 Å². The molecule has 0 unspecified atom stereocenters. The molecular weight excluding hydrogens is 338 g/mol. The van der Waals surface area contributed by atoms with Crippen LogP contribution in [0.15, 0.2) is 42.5 Å². The fourth-order valence-electron chi connectivity index (χ4n) is 3.12. The van der Waals surface area contributed by atoms with E-state index in [9.17, 15) is 15.2 Å². The Morgan fingerprint density at radius 3 is 2.59 bits per heavy atom. The van der Waals surface area contributed by atoms with Gasteiger partial charge in [-0.15, -0.1) is 0 Å². The standard InChI is InChI=1S/C22H23N3O2/c1-14(2)21(26)20-18-10-9-15(17-8-6-5-7-16(17)12-23)11-19(18)25(24-20)13-22(3,4)27/h5-11,14,27H,13H2,1-4H3. The largest absolute Gasteiger partial charge is 0.389 e. The van der Waals surface area contributed by atoms with Crippen LogP contribution in [0, 0.1) is 17.2 Å². The van der Waals surface area contributed by atoms with Crippen LogP contribution in [0.25, 0.3) is 22.0 Å². The molecular formula is C22H23N3O2. The summed E-state index contributed by atoms with van der Waals surface area (Å²) in [4.78, 5) is 12.6. The third-order valence-corrected chi connectivity index (χ3v) is 4.40. The number of benzene rings is 2. The van der Waals surface area contributed by atoms with Gasteiger partial charge in [0.15, 0.2) is 5.78 Å². The van der Waals surface area contributed by atoms with Crippen molar-refractivity contribution in [3.63, 3.8) is 0 Å². The van der Waals surface area contributed by atoms with Gasteiger partial charge in [-0.05, 0) is 43.2 Å². The second-order valence-corrected chi connectivity index (χ2v) is 7.73. The zero-order chi connectivity index (χ0) is 19.8. The van der Waals surface area contributed by atoms with E-state index in [2.05, 4.69) is 11.2 Å². The Hall–Kier alpha value is -2.97. The zero-order valence-corrected chi connectivity index (χ0v) is 16.0. The number of nitriles is 1. The third kappa shape index (κ3) is 3.76. The SMILES string of the molecule is CC(C)C(=O)c1nn(CC(C)(C)O)c2cc(-c3ccccc3C#N)ccc12. The van der Waals surface area contributed by atoms with Gasteiger partial charge in [-0.3, -0.25) is 9.48 Å². The third-order valence-electron chi connectivity index (χ3n) is 4.40. The second-order valence-electron chi connectivity index (χ2n) is 7.73. The normalized spacial score (nSPS) is 11.7. The zero-order valence-electron chi connectivity index (χ0n) is 16.0. The lowest BCUT2D eigenvalue weighted by molar-refractivity contribution is 0.0587. The first-order valence-electron chi connectivity index (χ1n) is 8.98. The molecule has 0 atom stereocenters. The number of nitrogens with zero attached hydrogens (tertiary/aromatic N) is 3. The lowest BCUT2D eigenvalue weighted by Gasteiger charge is -2.17. The molecule has 0 amide bonds. The monoisotopic (exact) mass is 361 g/mol. The number of fused-ring (bicyclic) bond motifs is 1. The number of carbonyl (C=O) groups is 1. The maximum atomic E-state index is 12.6. The Morgan fingerprint density at radius 1 is 1.26 bits per heavy atom. The van der Waals surface area contributed by atoms with Crippen LogP contribution in [0.1, 0.15) is 43.7 Å². The lowest BCUT2D eigenvalue weighted by atomic mass is 9.97. The Morgan fingerprint density at radius 2 is 1.96 bits per heavy atom. The minimum Gasteiger partial charge on any atom is -0.389 e. The highest BCUT2D eigenvalue weighted by atomic mass is 16.3. The number of Topliss-reactive ketones (excluding diaryl/α,β-unsaturated/α-hetero) is 1. The highest BCUT2D eigenvalue weighted by Gasteiger charge is 2.23. The first-order valence-corrected chi connectivity index (χ1v) is 8.98.